The van der Waals surface area contributed by atoms with Crippen molar-refractivity contribution in [3.63, 3.8) is 0 Å². The molecule has 0 heterocycles. The van der Waals surface area contributed by atoms with Crippen molar-refractivity contribution >= 4 is 81.8 Å². The number of aryl methyl sites for hydroxylation is 1. The predicted molar refractivity (Wildman–Crippen MR) is 259 cm³/mol. The van der Waals surface area contributed by atoms with Gasteiger partial charge in [-0.25, -0.2) is 33.6 Å². The molecule has 72 heavy (non-hydrogen) atoms. The summed E-state index contributed by atoms with van der Waals surface area (Å²) < 4.78 is 14.0. The minimum absolute atomic E-state index is 0.402. The van der Waals surface area contributed by atoms with Crippen molar-refractivity contribution in [2.75, 3.05) is 0 Å². The van der Waals surface area contributed by atoms with Crippen LogP contribution < -0.4 is 14.2 Å². The van der Waals surface area contributed by atoms with E-state index >= 15 is 0 Å². The lowest BCUT2D eigenvalue weighted by Crippen LogP contribution is -2.18. The van der Waals surface area contributed by atoms with Crippen molar-refractivity contribution in [3.05, 3.63) is 144 Å². The standard InChI is InChI=1S/C14H16N2O2.C12H6N2O2.2C9H6N2O2.C8H4N2O2/c1-13(2,15-9-17)11-6-5-7-12(8-11)14(3,4)16-10-18;13-7-16-12-6-2-3-9-10(12)4-1-5-11(9)14-8-15;1-7-2-3-8(10-5-12)4-9(7)11-6-13;1-7-8(11-6-12)3-2-4-9(7)13-5-10;9-5-12-8-3-1-7(2-4-8)10-6-11/h5-8H,1-4H3;1-6H;2*2-4H,1H3;1-4H. The van der Waals surface area contributed by atoms with Gasteiger partial charge in [0.05, 0.1) is 39.5 Å². The number of aliphatic imine (C=N–C) groups is 7. The number of carbonyl (C=O) groups excluding carboxylic acids is 7. The van der Waals surface area contributed by atoms with E-state index in [1.165, 1.54) is 42.7 Å². The van der Waals surface area contributed by atoms with Crippen LogP contribution in [0.3, 0.4) is 0 Å². The highest BCUT2D eigenvalue weighted by molar-refractivity contribution is 5.97. The largest absolute Gasteiger partial charge is 0.388 e. The second kappa shape index (κ2) is 30.4. The third-order valence-electron chi connectivity index (χ3n) is 9.39. The van der Waals surface area contributed by atoms with Crippen LogP contribution in [0.1, 0.15) is 49.9 Å². The fourth-order valence-corrected chi connectivity index (χ4v) is 5.70. The first-order chi connectivity index (χ1) is 34.6. The SMILES string of the molecule is CC(C)(N=C=O)c1cccc(C(C)(C)N=C=O)c1.Cc1c(N=C=O)cccc1OC#N.Cc1ccc(N=C=O)cc1N=C=O.N#COc1ccc(N=C=O)cc1.N#COc1cccc2c(N=C=O)cccc12. The van der Waals surface area contributed by atoms with Crippen LogP contribution in [0.2, 0.25) is 0 Å². The van der Waals surface area contributed by atoms with Crippen LogP contribution in [-0.2, 0) is 44.6 Å². The van der Waals surface area contributed by atoms with Crippen molar-refractivity contribution in [3.8, 4) is 36.0 Å². The Morgan fingerprint density at radius 1 is 0.417 bits per heavy atom. The Hall–Kier alpha value is -10.9. The van der Waals surface area contributed by atoms with E-state index in [4.69, 9.17) is 20.5 Å². The number of fused-ring (bicyclic) bond motifs is 1. The third kappa shape index (κ3) is 18.4. The Balaban J connectivity index is 0.000000311. The fraction of sp³-hybridized carbons (Fsp3) is 0.154. The fourth-order valence-electron chi connectivity index (χ4n) is 5.70. The van der Waals surface area contributed by atoms with Crippen molar-refractivity contribution in [2.24, 2.45) is 34.9 Å². The van der Waals surface area contributed by atoms with Crippen molar-refractivity contribution < 1.29 is 47.8 Å². The molecule has 0 aliphatic rings. The predicted octanol–water partition coefficient (Wildman–Crippen LogP) is 10.8. The summed E-state index contributed by atoms with van der Waals surface area (Å²) in [6.45, 7) is 10.8. The summed E-state index contributed by atoms with van der Waals surface area (Å²) >= 11 is 0. The van der Waals surface area contributed by atoms with Crippen LogP contribution in [0.15, 0.2) is 156 Å². The molecule has 0 spiro atoms. The molecule has 0 N–H and O–H groups in total. The van der Waals surface area contributed by atoms with E-state index in [2.05, 4.69) is 44.4 Å². The molecule has 0 aromatic heterocycles. The molecule has 0 fully saturated rings. The molecular weight excluding hydrogens is 925 g/mol. The van der Waals surface area contributed by atoms with Gasteiger partial charge in [0.2, 0.25) is 42.6 Å². The van der Waals surface area contributed by atoms with Crippen molar-refractivity contribution in [1.82, 2.24) is 0 Å². The molecule has 356 valence electrons. The number of rotatable bonds is 12. The summed E-state index contributed by atoms with van der Waals surface area (Å²) in [7, 11) is 0. The van der Waals surface area contributed by atoms with E-state index < -0.39 is 11.1 Å². The van der Waals surface area contributed by atoms with Crippen LogP contribution in [0, 0.1) is 48.4 Å². The quantitative estimate of drug-likeness (QED) is 0.0626. The van der Waals surface area contributed by atoms with E-state index in [9.17, 15) is 33.6 Å². The zero-order valence-corrected chi connectivity index (χ0v) is 39.1. The maximum absolute atomic E-state index is 10.4. The Kier molecular flexibility index (Phi) is 24.2. The maximum Gasteiger partial charge on any atom is 0.292 e. The van der Waals surface area contributed by atoms with Gasteiger partial charge in [-0.3, -0.25) is 0 Å². The number of hydrogen-bond acceptors (Lipinski definition) is 20. The van der Waals surface area contributed by atoms with Crippen LogP contribution in [-0.4, -0.2) is 42.6 Å². The second-order valence-electron chi connectivity index (χ2n) is 14.7. The van der Waals surface area contributed by atoms with Gasteiger partial charge in [0, 0.05) is 16.3 Å². The highest BCUT2D eigenvalue weighted by Gasteiger charge is 2.24. The smallest absolute Gasteiger partial charge is 0.292 e. The normalized spacial score (nSPS) is 9.21. The lowest BCUT2D eigenvalue weighted by Gasteiger charge is -2.23. The molecule has 0 radical (unpaired) electrons. The molecule has 0 atom stereocenters. The van der Waals surface area contributed by atoms with Gasteiger partial charge in [0.1, 0.15) is 17.2 Å². The van der Waals surface area contributed by atoms with Gasteiger partial charge < -0.3 is 14.2 Å². The average Bonchev–Trinajstić information content (AvgIpc) is 3.36. The summed E-state index contributed by atoms with van der Waals surface area (Å²) in [5, 5.41) is 26.4. The van der Waals surface area contributed by atoms with Crippen LogP contribution in [0.25, 0.3) is 10.8 Å². The summed E-state index contributed by atoms with van der Waals surface area (Å²) in [6.07, 6.45) is 15.0. The van der Waals surface area contributed by atoms with Gasteiger partial charge in [0.25, 0.3) is 18.8 Å². The number of ether oxygens (including phenoxy) is 3. The molecule has 20 nitrogen and oxygen atoms in total. The first kappa shape index (κ1) is 57.2. The summed E-state index contributed by atoms with van der Waals surface area (Å²) in [5.41, 5.74) is 4.28. The van der Waals surface area contributed by atoms with E-state index in [0.717, 1.165) is 27.5 Å². The molecule has 0 saturated heterocycles. The van der Waals surface area contributed by atoms with E-state index in [1.807, 2.05) is 52.0 Å². The van der Waals surface area contributed by atoms with E-state index in [0.29, 0.717) is 51.2 Å². The zero-order valence-electron chi connectivity index (χ0n) is 39.1. The van der Waals surface area contributed by atoms with Crippen LogP contribution in [0.4, 0.5) is 28.4 Å². The molecule has 0 saturated carbocycles. The highest BCUT2D eigenvalue weighted by Crippen LogP contribution is 2.33. The first-order valence-corrected chi connectivity index (χ1v) is 20.3. The number of benzene rings is 6. The third-order valence-corrected chi connectivity index (χ3v) is 9.39. The Labute approximate surface area is 411 Å². The molecule has 6 rings (SSSR count). The van der Waals surface area contributed by atoms with Gasteiger partial charge in [-0.15, -0.1) is 15.8 Å². The number of isocyanates is 7. The number of nitrogens with zero attached hydrogens (tertiary/aromatic N) is 10. The van der Waals surface area contributed by atoms with E-state index in [-0.39, 0.29) is 0 Å². The molecule has 0 bridgehead atoms. The molecule has 6 aromatic rings. The van der Waals surface area contributed by atoms with Crippen molar-refractivity contribution in [1.29, 1.82) is 15.8 Å². The maximum atomic E-state index is 10.4. The highest BCUT2D eigenvalue weighted by atomic mass is 16.5. The zero-order chi connectivity index (χ0) is 53.4. The van der Waals surface area contributed by atoms with Crippen molar-refractivity contribution in [2.45, 2.75) is 52.6 Å². The van der Waals surface area contributed by atoms with Gasteiger partial charge in [0.15, 0.2) is 0 Å². The molecule has 0 aliphatic carbocycles. The number of hydrogen-bond donors (Lipinski definition) is 0. The molecule has 0 amide bonds. The minimum Gasteiger partial charge on any atom is -0.388 e. The molecule has 20 heteroatoms. The Bertz CT molecular complexity index is 3300. The second-order valence-corrected chi connectivity index (χ2v) is 14.7. The van der Waals surface area contributed by atoms with Gasteiger partial charge in [-0.2, -0.15) is 34.9 Å². The molecule has 6 aromatic carbocycles. The lowest BCUT2D eigenvalue weighted by atomic mass is 9.88. The lowest BCUT2D eigenvalue weighted by molar-refractivity contribution is 0.503. The van der Waals surface area contributed by atoms with Gasteiger partial charge in [-0.05, 0) is 119 Å². The number of nitriles is 3. The average molecular weight is 963 g/mol. The van der Waals surface area contributed by atoms with E-state index in [1.54, 1.807) is 130 Å². The minimum atomic E-state index is -0.640. The Morgan fingerprint density at radius 2 is 0.861 bits per heavy atom. The summed E-state index contributed by atoms with van der Waals surface area (Å²) in [5.74, 6) is 1.27. The monoisotopic (exact) mass is 962 g/mol. The molecule has 0 aliphatic heterocycles. The van der Waals surface area contributed by atoms with Gasteiger partial charge >= 0.3 is 0 Å². The first-order valence-electron chi connectivity index (χ1n) is 20.3. The van der Waals surface area contributed by atoms with Crippen LogP contribution in [0.5, 0.6) is 17.2 Å². The molecular formula is C52H38N10O10. The van der Waals surface area contributed by atoms with Gasteiger partial charge in [-0.1, -0.05) is 60.7 Å². The molecule has 0 unspecified atom stereocenters. The van der Waals surface area contributed by atoms with Crippen LogP contribution >= 0.6 is 0 Å². The summed E-state index contributed by atoms with van der Waals surface area (Å²) in [6, 6.07) is 33.9. The topological polar surface area (TPSA) is 305 Å². The summed E-state index contributed by atoms with van der Waals surface area (Å²) in [4.78, 5) is 95.6. The Morgan fingerprint density at radius 3 is 1.42 bits per heavy atom.